The number of carbonyl (C=O) groups is 1. The van der Waals surface area contributed by atoms with Gasteiger partial charge >= 0.3 is 0 Å². The molecule has 462 valence electrons. The standard InChI is InChI=1S/C71H127N2O6P/c1-6-8-10-12-14-16-18-20-22-24-26-28-30-32-34-36-38-40-42-44-46-48-50-52-54-56-58-60-62-64-70(74)69(68-79-80(76,77)78-67-66-73(3,4)5)72-71(75)65-63-61-59-57-55-53-51-49-47-45-43-41-39-37-35-33-31-29-27-25-23-21-19-17-15-13-11-9-7-2/h9,11,15,17,21,23,27,29,33,35,39,41,45,47,54,56,62,64,69-70,74H,6-8,10,12-14,16,18-20,22,24-26,28,30-32,34,36-38,40,42-44,46,48-53,55,57-61,63,65-68H2,1-5H3,(H-,72,75,76,77)/b11-9-,17-15-,23-21-,29-27-,35-33-,41-39-,47-45-,56-54+,64-62+. The zero-order valence-corrected chi connectivity index (χ0v) is 53.6. The Kier molecular flexibility index (Phi) is 58.6. The van der Waals surface area contributed by atoms with Crippen molar-refractivity contribution in [1.82, 2.24) is 5.32 Å². The predicted molar refractivity (Wildman–Crippen MR) is 348 cm³/mol. The number of aliphatic hydroxyl groups is 1. The number of carbonyl (C=O) groups excluding carboxylic acids is 1. The van der Waals surface area contributed by atoms with Crippen LogP contribution in [0, 0.1) is 0 Å². The number of hydrogen-bond donors (Lipinski definition) is 2. The number of rotatable bonds is 60. The van der Waals surface area contributed by atoms with Gasteiger partial charge in [-0.3, -0.25) is 9.36 Å². The molecule has 0 fully saturated rings. The lowest BCUT2D eigenvalue weighted by atomic mass is 10.0. The van der Waals surface area contributed by atoms with Crippen LogP contribution in [-0.2, 0) is 18.4 Å². The Morgan fingerprint density at radius 1 is 0.450 bits per heavy atom. The lowest BCUT2D eigenvalue weighted by Crippen LogP contribution is -2.45. The van der Waals surface area contributed by atoms with E-state index in [1.165, 1.54) is 167 Å². The molecule has 0 saturated heterocycles. The van der Waals surface area contributed by atoms with Crippen LogP contribution < -0.4 is 10.2 Å². The smallest absolute Gasteiger partial charge is 0.268 e. The Morgan fingerprint density at radius 2 is 0.775 bits per heavy atom. The maximum atomic E-state index is 13.0. The number of amides is 1. The van der Waals surface area contributed by atoms with E-state index in [4.69, 9.17) is 9.05 Å². The Hall–Kier alpha value is -2.84. The fraction of sp³-hybridized carbons (Fsp3) is 0.732. The summed E-state index contributed by atoms with van der Waals surface area (Å²) < 4.78 is 23.4. The van der Waals surface area contributed by atoms with Crippen molar-refractivity contribution in [3.05, 3.63) is 109 Å². The van der Waals surface area contributed by atoms with Gasteiger partial charge in [0.2, 0.25) is 5.91 Å². The molecule has 0 radical (unpaired) electrons. The average molecular weight is 1140 g/mol. The van der Waals surface area contributed by atoms with E-state index < -0.39 is 26.6 Å². The lowest BCUT2D eigenvalue weighted by Gasteiger charge is -2.29. The normalized spacial score (nSPS) is 14.4. The van der Waals surface area contributed by atoms with Crippen LogP contribution in [0.5, 0.6) is 0 Å². The first-order valence-electron chi connectivity index (χ1n) is 33.2. The summed E-state index contributed by atoms with van der Waals surface area (Å²) in [5.74, 6) is -0.220. The molecule has 0 aliphatic heterocycles. The molecule has 0 aromatic rings. The molecule has 80 heavy (non-hydrogen) atoms. The van der Waals surface area contributed by atoms with Crippen LogP contribution >= 0.6 is 7.82 Å². The van der Waals surface area contributed by atoms with Crippen molar-refractivity contribution in [2.75, 3.05) is 40.9 Å². The van der Waals surface area contributed by atoms with Gasteiger partial charge in [-0.25, -0.2) is 0 Å². The Labute approximate surface area is 495 Å². The van der Waals surface area contributed by atoms with Gasteiger partial charge in [0.05, 0.1) is 39.9 Å². The highest BCUT2D eigenvalue weighted by Gasteiger charge is 2.23. The number of unbranched alkanes of at least 4 members (excludes halogenated alkanes) is 31. The van der Waals surface area contributed by atoms with E-state index in [-0.39, 0.29) is 12.5 Å². The molecule has 0 rings (SSSR count). The summed E-state index contributed by atoms with van der Waals surface area (Å²) in [4.78, 5) is 25.6. The van der Waals surface area contributed by atoms with Crippen LogP contribution in [0.2, 0.25) is 0 Å². The molecule has 0 aliphatic rings. The van der Waals surface area contributed by atoms with Crippen molar-refractivity contribution < 1.29 is 32.9 Å². The predicted octanol–water partition coefficient (Wildman–Crippen LogP) is 20.5. The number of aliphatic hydroxyl groups excluding tert-OH is 1. The summed E-state index contributed by atoms with van der Waals surface area (Å²) in [5, 5.41) is 13.9. The molecule has 8 nitrogen and oxygen atoms in total. The van der Waals surface area contributed by atoms with Gasteiger partial charge in [-0.15, -0.1) is 0 Å². The Morgan fingerprint density at radius 3 is 1.16 bits per heavy atom. The van der Waals surface area contributed by atoms with Gasteiger partial charge in [-0.2, -0.15) is 0 Å². The van der Waals surface area contributed by atoms with E-state index in [0.717, 1.165) is 96.3 Å². The van der Waals surface area contributed by atoms with E-state index >= 15 is 0 Å². The number of quaternary nitrogens is 1. The van der Waals surface area contributed by atoms with Crippen molar-refractivity contribution >= 4 is 13.7 Å². The Balaban J connectivity index is 4.22. The summed E-state index contributed by atoms with van der Waals surface area (Å²) in [6.45, 7) is 4.52. The summed E-state index contributed by atoms with van der Waals surface area (Å²) in [6, 6.07) is -0.919. The zero-order valence-electron chi connectivity index (χ0n) is 52.7. The molecule has 0 bridgehead atoms. The highest BCUT2D eigenvalue weighted by Crippen LogP contribution is 2.38. The average Bonchev–Trinajstić information content (AvgIpc) is 3.42. The van der Waals surface area contributed by atoms with E-state index in [2.05, 4.69) is 116 Å². The first kappa shape index (κ1) is 77.2. The summed E-state index contributed by atoms with van der Waals surface area (Å²) in [6.07, 6.45) is 89.1. The summed E-state index contributed by atoms with van der Waals surface area (Å²) in [7, 11) is 1.23. The second-order valence-corrected chi connectivity index (χ2v) is 24.8. The van der Waals surface area contributed by atoms with Crippen molar-refractivity contribution in [2.45, 2.75) is 296 Å². The molecule has 0 aromatic heterocycles. The number of allylic oxidation sites excluding steroid dienone is 17. The zero-order chi connectivity index (χ0) is 58.4. The number of hydrogen-bond acceptors (Lipinski definition) is 6. The van der Waals surface area contributed by atoms with Crippen LogP contribution in [0.1, 0.15) is 284 Å². The van der Waals surface area contributed by atoms with Crippen LogP contribution in [0.3, 0.4) is 0 Å². The number of phosphoric ester groups is 1. The van der Waals surface area contributed by atoms with Crippen LogP contribution in [-0.4, -0.2) is 68.5 Å². The molecule has 0 aromatic carbocycles. The fourth-order valence-corrected chi connectivity index (χ4v) is 10.1. The maximum Gasteiger partial charge on any atom is 0.268 e. The molecule has 3 atom stereocenters. The molecular weight excluding hydrogens is 1010 g/mol. The maximum absolute atomic E-state index is 13.0. The highest BCUT2D eigenvalue weighted by molar-refractivity contribution is 7.45. The first-order chi connectivity index (χ1) is 39.0. The van der Waals surface area contributed by atoms with Crippen LogP contribution in [0.4, 0.5) is 0 Å². The van der Waals surface area contributed by atoms with Gasteiger partial charge in [-0.05, 0) is 89.9 Å². The number of nitrogens with one attached hydrogen (secondary N) is 1. The number of likely N-dealkylation sites (N-methyl/N-ethyl adjacent to an activating group) is 1. The molecule has 0 spiro atoms. The SMILES string of the molecule is CC/C=C\C/C=C\C/C=C\C/C=C\C/C=C\C/C=C\C/C=C\CCCCCCCCCC(=O)NC(COP(=O)([O-])OCC[N+](C)(C)C)C(O)/C=C/CC/C=C/CCCCCCCCCCCCCCCCCCCCCCCCC. The van der Waals surface area contributed by atoms with Gasteiger partial charge in [0.25, 0.3) is 7.82 Å². The number of phosphoric acid groups is 1. The van der Waals surface area contributed by atoms with Crippen molar-refractivity contribution in [1.29, 1.82) is 0 Å². The van der Waals surface area contributed by atoms with E-state index in [0.29, 0.717) is 17.4 Å². The third kappa shape index (κ3) is 62.8. The third-order valence-electron chi connectivity index (χ3n) is 14.5. The van der Waals surface area contributed by atoms with Crippen LogP contribution in [0.25, 0.3) is 0 Å². The largest absolute Gasteiger partial charge is 0.756 e. The molecule has 2 N–H and O–H groups in total. The quantitative estimate of drug-likeness (QED) is 0.0272. The van der Waals surface area contributed by atoms with Gasteiger partial charge in [-0.1, -0.05) is 297 Å². The van der Waals surface area contributed by atoms with Crippen molar-refractivity contribution in [3.63, 3.8) is 0 Å². The summed E-state index contributed by atoms with van der Waals surface area (Å²) >= 11 is 0. The van der Waals surface area contributed by atoms with Gasteiger partial charge in [0.15, 0.2) is 0 Å². The summed E-state index contributed by atoms with van der Waals surface area (Å²) in [5.41, 5.74) is 0. The molecule has 0 saturated carbocycles. The molecule has 9 heteroatoms. The van der Waals surface area contributed by atoms with E-state index in [1.54, 1.807) is 6.08 Å². The topological polar surface area (TPSA) is 108 Å². The first-order valence-corrected chi connectivity index (χ1v) is 34.7. The fourth-order valence-electron chi connectivity index (χ4n) is 9.33. The van der Waals surface area contributed by atoms with E-state index in [1.807, 2.05) is 27.2 Å². The van der Waals surface area contributed by atoms with Gasteiger partial charge < -0.3 is 28.8 Å². The minimum Gasteiger partial charge on any atom is -0.756 e. The molecular formula is C71H127N2O6P. The minimum absolute atomic E-state index is 0.0142. The molecule has 0 aliphatic carbocycles. The minimum atomic E-state index is -4.62. The van der Waals surface area contributed by atoms with Crippen molar-refractivity contribution in [2.24, 2.45) is 0 Å². The molecule has 0 heterocycles. The third-order valence-corrected chi connectivity index (χ3v) is 15.4. The van der Waals surface area contributed by atoms with Crippen LogP contribution in [0.15, 0.2) is 109 Å². The van der Waals surface area contributed by atoms with Gasteiger partial charge in [0.1, 0.15) is 13.2 Å². The highest BCUT2D eigenvalue weighted by atomic mass is 31.2. The van der Waals surface area contributed by atoms with Gasteiger partial charge in [0, 0.05) is 6.42 Å². The lowest BCUT2D eigenvalue weighted by molar-refractivity contribution is -0.870. The van der Waals surface area contributed by atoms with E-state index in [9.17, 15) is 19.4 Å². The second-order valence-electron chi connectivity index (χ2n) is 23.4. The van der Waals surface area contributed by atoms with Crippen molar-refractivity contribution in [3.8, 4) is 0 Å². The monoisotopic (exact) mass is 1130 g/mol. The Bertz CT molecular complexity index is 1670. The molecule has 3 unspecified atom stereocenters. The second kappa shape index (κ2) is 60.7. The number of nitrogens with zero attached hydrogens (tertiary/aromatic N) is 1. The molecule has 1 amide bonds.